The number of rotatable bonds is 4. The SMILES string of the molecule is CCCC[C@@H](N)c1cc2c(cc1Br)OCO2. The fourth-order valence-corrected chi connectivity index (χ4v) is 2.41. The molecular weight excluding hydrogens is 270 g/mol. The van der Waals surface area contributed by atoms with E-state index in [0.29, 0.717) is 6.79 Å². The second kappa shape index (κ2) is 5.06. The van der Waals surface area contributed by atoms with Crippen LogP contribution in [0.2, 0.25) is 0 Å². The average Bonchev–Trinajstić information content (AvgIpc) is 2.71. The van der Waals surface area contributed by atoms with Crippen LogP contribution >= 0.6 is 15.9 Å². The Balaban J connectivity index is 2.20. The molecule has 1 aliphatic heterocycles. The Morgan fingerprint density at radius 3 is 2.75 bits per heavy atom. The third-order valence-corrected chi connectivity index (χ3v) is 3.45. The lowest BCUT2D eigenvalue weighted by atomic mass is 10.0. The van der Waals surface area contributed by atoms with Gasteiger partial charge >= 0.3 is 0 Å². The molecule has 0 saturated carbocycles. The molecule has 3 nitrogen and oxygen atoms in total. The molecule has 1 atom stereocenters. The van der Waals surface area contributed by atoms with Crippen molar-refractivity contribution in [1.29, 1.82) is 0 Å². The first kappa shape index (κ1) is 11.7. The average molecular weight is 286 g/mol. The van der Waals surface area contributed by atoms with Crippen molar-refractivity contribution in [2.24, 2.45) is 5.73 Å². The van der Waals surface area contributed by atoms with Crippen molar-refractivity contribution in [1.82, 2.24) is 0 Å². The van der Waals surface area contributed by atoms with Crippen LogP contribution in [-0.4, -0.2) is 6.79 Å². The molecule has 1 aliphatic rings. The molecular formula is C12H16BrNO2. The second-order valence-electron chi connectivity index (χ2n) is 3.98. The maximum absolute atomic E-state index is 6.15. The molecule has 4 heteroatoms. The van der Waals surface area contributed by atoms with Gasteiger partial charge in [0.15, 0.2) is 11.5 Å². The Labute approximate surface area is 104 Å². The number of ether oxygens (including phenoxy) is 2. The third-order valence-electron chi connectivity index (χ3n) is 2.76. The summed E-state index contributed by atoms with van der Waals surface area (Å²) in [5, 5.41) is 0. The molecule has 0 fully saturated rings. The van der Waals surface area contributed by atoms with E-state index in [1.54, 1.807) is 0 Å². The van der Waals surface area contributed by atoms with Gasteiger partial charge in [-0.25, -0.2) is 0 Å². The van der Waals surface area contributed by atoms with Gasteiger partial charge in [-0.3, -0.25) is 0 Å². The van der Waals surface area contributed by atoms with E-state index in [2.05, 4.69) is 22.9 Å². The molecule has 2 rings (SSSR count). The molecule has 0 amide bonds. The molecule has 1 aromatic carbocycles. The van der Waals surface area contributed by atoms with Crippen molar-refractivity contribution in [2.45, 2.75) is 32.2 Å². The Hall–Kier alpha value is -0.740. The minimum Gasteiger partial charge on any atom is -0.454 e. The van der Waals surface area contributed by atoms with Gasteiger partial charge in [-0.15, -0.1) is 0 Å². The normalized spacial score (nSPS) is 15.2. The summed E-state index contributed by atoms with van der Waals surface area (Å²) in [4.78, 5) is 0. The largest absolute Gasteiger partial charge is 0.454 e. The fraction of sp³-hybridized carbons (Fsp3) is 0.500. The summed E-state index contributed by atoms with van der Waals surface area (Å²) in [6.45, 7) is 2.47. The van der Waals surface area contributed by atoms with Gasteiger partial charge in [-0.05, 0) is 24.1 Å². The summed E-state index contributed by atoms with van der Waals surface area (Å²) in [6.07, 6.45) is 3.30. The van der Waals surface area contributed by atoms with Crippen molar-refractivity contribution in [2.75, 3.05) is 6.79 Å². The summed E-state index contributed by atoms with van der Waals surface area (Å²) in [5.41, 5.74) is 7.24. The predicted octanol–water partition coefficient (Wildman–Crippen LogP) is 3.37. The lowest BCUT2D eigenvalue weighted by molar-refractivity contribution is 0.174. The van der Waals surface area contributed by atoms with Gasteiger partial charge in [-0.2, -0.15) is 0 Å². The van der Waals surface area contributed by atoms with Gasteiger partial charge in [0, 0.05) is 10.5 Å². The first-order valence-corrected chi connectivity index (χ1v) is 6.36. The zero-order chi connectivity index (χ0) is 11.5. The Kier molecular flexibility index (Phi) is 3.71. The van der Waals surface area contributed by atoms with E-state index >= 15 is 0 Å². The topological polar surface area (TPSA) is 44.5 Å². The predicted molar refractivity (Wildman–Crippen MR) is 66.7 cm³/mol. The quantitative estimate of drug-likeness (QED) is 0.923. The van der Waals surface area contributed by atoms with E-state index < -0.39 is 0 Å². The number of nitrogens with two attached hydrogens (primary N) is 1. The Morgan fingerprint density at radius 2 is 2.06 bits per heavy atom. The molecule has 88 valence electrons. The number of hydrogen-bond acceptors (Lipinski definition) is 3. The van der Waals surface area contributed by atoms with E-state index in [-0.39, 0.29) is 6.04 Å². The molecule has 0 aliphatic carbocycles. The molecule has 0 unspecified atom stereocenters. The van der Waals surface area contributed by atoms with Crippen LogP contribution in [0.1, 0.15) is 37.8 Å². The van der Waals surface area contributed by atoms with E-state index in [9.17, 15) is 0 Å². The van der Waals surface area contributed by atoms with Gasteiger partial charge in [0.1, 0.15) is 0 Å². The number of unbranched alkanes of at least 4 members (excludes halogenated alkanes) is 1. The molecule has 0 radical (unpaired) electrons. The maximum atomic E-state index is 6.15. The van der Waals surface area contributed by atoms with E-state index in [0.717, 1.165) is 40.8 Å². The van der Waals surface area contributed by atoms with Crippen LogP contribution in [-0.2, 0) is 0 Å². The summed E-state index contributed by atoms with van der Waals surface area (Å²) in [6, 6.07) is 3.97. The fourth-order valence-electron chi connectivity index (χ4n) is 1.80. The molecule has 0 spiro atoms. The van der Waals surface area contributed by atoms with Crippen LogP contribution in [0.3, 0.4) is 0 Å². The minimum absolute atomic E-state index is 0.0591. The van der Waals surface area contributed by atoms with Gasteiger partial charge in [0.05, 0.1) is 0 Å². The molecule has 0 aromatic heterocycles. The summed E-state index contributed by atoms with van der Waals surface area (Å²) < 4.78 is 11.7. The number of fused-ring (bicyclic) bond motifs is 1. The zero-order valence-corrected chi connectivity index (χ0v) is 10.9. The Bertz CT molecular complexity index is 382. The van der Waals surface area contributed by atoms with Crippen LogP contribution < -0.4 is 15.2 Å². The van der Waals surface area contributed by atoms with Gasteiger partial charge in [0.25, 0.3) is 0 Å². The number of benzene rings is 1. The van der Waals surface area contributed by atoms with Crippen molar-refractivity contribution in [3.05, 3.63) is 22.2 Å². The van der Waals surface area contributed by atoms with Gasteiger partial charge in [-0.1, -0.05) is 35.7 Å². The van der Waals surface area contributed by atoms with Gasteiger partial charge < -0.3 is 15.2 Å². The highest BCUT2D eigenvalue weighted by Gasteiger charge is 2.19. The van der Waals surface area contributed by atoms with E-state index in [1.165, 1.54) is 0 Å². The van der Waals surface area contributed by atoms with Crippen molar-refractivity contribution < 1.29 is 9.47 Å². The van der Waals surface area contributed by atoms with Crippen molar-refractivity contribution in [3.8, 4) is 11.5 Å². The summed E-state index contributed by atoms with van der Waals surface area (Å²) >= 11 is 3.53. The molecule has 0 saturated heterocycles. The second-order valence-corrected chi connectivity index (χ2v) is 4.83. The van der Waals surface area contributed by atoms with E-state index in [4.69, 9.17) is 15.2 Å². The zero-order valence-electron chi connectivity index (χ0n) is 9.33. The molecule has 1 aromatic rings. The molecule has 16 heavy (non-hydrogen) atoms. The van der Waals surface area contributed by atoms with Crippen LogP contribution in [0, 0.1) is 0 Å². The highest BCUT2D eigenvalue weighted by molar-refractivity contribution is 9.10. The lowest BCUT2D eigenvalue weighted by Gasteiger charge is -2.14. The summed E-state index contributed by atoms with van der Waals surface area (Å²) in [7, 11) is 0. The molecule has 2 N–H and O–H groups in total. The Morgan fingerprint density at radius 1 is 1.38 bits per heavy atom. The molecule has 1 heterocycles. The van der Waals surface area contributed by atoms with Crippen molar-refractivity contribution in [3.63, 3.8) is 0 Å². The van der Waals surface area contributed by atoms with Crippen LogP contribution in [0.4, 0.5) is 0 Å². The van der Waals surface area contributed by atoms with Crippen LogP contribution in [0.15, 0.2) is 16.6 Å². The van der Waals surface area contributed by atoms with Gasteiger partial charge in [0.2, 0.25) is 6.79 Å². The van der Waals surface area contributed by atoms with Crippen LogP contribution in [0.5, 0.6) is 11.5 Å². The maximum Gasteiger partial charge on any atom is 0.231 e. The first-order chi connectivity index (χ1) is 7.72. The van der Waals surface area contributed by atoms with E-state index in [1.807, 2.05) is 12.1 Å². The standard InChI is InChI=1S/C12H16BrNO2/c1-2-3-4-10(14)8-5-11-12(6-9(8)13)16-7-15-11/h5-6,10H,2-4,7,14H2,1H3/t10-/m1/s1. The highest BCUT2D eigenvalue weighted by atomic mass is 79.9. The highest BCUT2D eigenvalue weighted by Crippen LogP contribution is 2.39. The summed E-state index contributed by atoms with van der Waals surface area (Å²) in [5.74, 6) is 1.59. The first-order valence-electron chi connectivity index (χ1n) is 5.57. The third kappa shape index (κ3) is 2.33. The molecule has 0 bridgehead atoms. The minimum atomic E-state index is 0.0591. The lowest BCUT2D eigenvalue weighted by Crippen LogP contribution is -2.10. The smallest absolute Gasteiger partial charge is 0.231 e. The van der Waals surface area contributed by atoms with Crippen molar-refractivity contribution >= 4 is 15.9 Å². The van der Waals surface area contributed by atoms with Crippen LogP contribution in [0.25, 0.3) is 0 Å². The number of halogens is 1. The monoisotopic (exact) mass is 285 g/mol. The number of hydrogen-bond donors (Lipinski definition) is 1.